The summed E-state index contributed by atoms with van der Waals surface area (Å²) in [6.45, 7) is 3.80. The lowest BCUT2D eigenvalue weighted by Crippen LogP contribution is -2.41. The molecule has 0 unspecified atom stereocenters. The summed E-state index contributed by atoms with van der Waals surface area (Å²) in [4.78, 5) is 13.0. The fourth-order valence-corrected chi connectivity index (χ4v) is 2.37. The van der Waals surface area contributed by atoms with Crippen LogP contribution in [0.5, 0.6) is 0 Å². The van der Waals surface area contributed by atoms with Gasteiger partial charge in [-0.05, 0) is 18.9 Å². The van der Waals surface area contributed by atoms with E-state index in [0.29, 0.717) is 13.1 Å². The number of rotatable bonds is 5. The molecular formula is C12H19FN4O. The van der Waals surface area contributed by atoms with Crippen LogP contribution in [0.2, 0.25) is 0 Å². The average Bonchev–Trinajstić information content (AvgIpc) is 2.92. The normalized spacial score (nSPS) is 24.6. The van der Waals surface area contributed by atoms with E-state index in [1.807, 2.05) is 28.9 Å². The minimum atomic E-state index is -0.944. The maximum absolute atomic E-state index is 13.3. The highest BCUT2D eigenvalue weighted by Crippen LogP contribution is 2.20. The van der Waals surface area contributed by atoms with E-state index in [1.165, 1.54) is 0 Å². The Morgan fingerprint density at radius 3 is 3.06 bits per heavy atom. The van der Waals surface area contributed by atoms with E-state index in [-0.39, 0.29) is 6.42 Å². The monoisotopic (exact) mass is 254 g/mol. The molecule has 5 nitrogen and oxygen atoms in total. The number of hydrogen-bond acceptors (Lipinski definition) is 3. The van der Waals surface area contributed by atoms with Gasteiger partial charge in [-0.1, -0.05) is 0 Å². The van der Waals surface area contributed by atoms with Crippen molar-refractivity contribution in [1.82, 2.24) is 14.7 Å². The van der Waals surface area contributed by atoms with Gasteiger partial charge in [0.1, 0.15) is 6.17 Å². The third kappa shape index (κ3) is 2.87. The summed E-state index contributed by atoms with van der Waals surface area (Å²) in [6, 6.07) is -0.457. The number of alkyl halides is 1. The van der Waals surface area contributed by atoms with E-state index in [1.54, 1.807) is 0 Å². The van der Waals surface area contributed by atoms with E-state index >= 15 is 0 Å². The number of amides is 1. The number of halogens is 1. The minimum absolute atomic E-state index is 0.226. The zero-order valence-corrected chi connectivity index (χ0v) is 10.6. The fraction of sp³-hybridized carbons (Fsp3) is 0.667. The second kappa shape index (κ2) is 5.48. The molecule has 0 spiro atoms. The summed E-state index contributed by atoms with van der Waals surface area (Å²) in [5.74, 6) is -0.431. The number of nitrogens with two attached hydrogens (primary N) is 1. The van der Waals surface area contributed by atoms with E-state index in [2.05, 4.69) is 5.10 Å². The third-order valence-electron chi connectivity index (χ3n) is 3.38. The van der Waals surface area contributed by atoms with Crippen LogP contribution in [0.4, 0.5) is 4.39 Å². The first-order valence-corrected chi connectivity index (χ1v) is 6.29. The lowest BCUT2D eigenvalue weighted by Gasteiger charge is -2.20. The molecule has 0 bridgehead atoms. The van der Waals surface area contributed by atoms with Crippen LogP contribution < -0.4 is 5.73 Å². The van der Waals surface area contributed by atoms with Crippen LogP contribution in [0.15, 0.2) is 12.4 Å². The average molecular weight is 254 g/mol. The SMILES string of the molecule is CCn1cc(CCN2C[C@H](F)C[C@H]2C(N)=O)cn1. The van der Waals surface area contributed by atoms with Crippen molar-refractivity contribution >= 4 is 5.91 Å². The number of aromatic nitrogens is 2. The first-order valence-electron chi connectivity index (χ1n) is 6.29. The minimum Gasteiger partial charge on any atom is -0.368 e. The molecule has 1 aliphatic rings. The maximum atomic E-state index is 13.3. The quantitative estimate of drug-likeness (QED) is 0.824. The molecule has 18 heavy (non-hydrogen) atoms. The molecule has 2 N–H and O–H groups in total. The van der Waals surface area contributed by atoms with Crippen LogP contribution >= 0.6 is 0 Å². The molecule has 0 aliphatic carbocycles. The van der Waals surface area contributed by atoms with Crippen molar-refractivity contribution in [3.8, 4) is 0 Å². The Kier molecular flexibility index (Phi) is 3.96. The van der Waals surface area contributed by atoms with Crippen molar-refractivity contribution in [3.05, 3.63) is 18.0 Å². The van der Waals surface area contributed by atoms with Gasteiger partial charge in [0, 0.05) is 32.3 Å². The number of hydrogen-bond donors (Lipinski definition) is 1. The number of likely N-dealkylation sites (tertiary alicyclic amines) is 1. The molecule has 1 fully saturated rings. The van der Waals surface area contributed by atoms with Crippen molar-refractivity contribution < 1.29 is 9.18 Å². The summed E-state index contributed by atoms with van der Waals surface area (Å²) in [5, 5.41) is 4.18. The van der Waals surface area contributed by atoms with Crippen LogP contribution in [0.25, 0.3) is 0 Å². The number of primary amides is 1. The summed E-state index contributed by atoms with van der Waals surface area (Å²) in [6.07, 6.45) is 3.83. The van der Waals surface area contributed by atoms with Crippen LogP contribution in [-0.4, -0.2) is 45.9 Å². The van der Waals surface area contributed by atoms with E-state index in [9.17, 15) is 9.18 Å². The van der Waals surface area contributed by atoms with E-state index < -0.39 is 18.1 Å². The fourth-order valence-electron chi connectivity index (χ4n) is 2.37. The molecule has 1 saturated heterocycles. The topological polar surface area (TPSA) is 64.2 Å². The van der Waals surface area contributed by atoms with Crippen molar-refractivity contribution in [1.29, 1.82) is 0 Å². The Balaban J connectivity index is 1.90. The Bertz CT molecular complexity index is 420. The summed E-state index contributed by atoms with van der Waals surface area (Å²) < 4.78 is 15.2. The highest BCUT2D eigenvalue weighted by Gasteiger charge is 2.35. The predicted octanol–water partition coefficient (Wildman–Crippen LogP) is 0.343. The number of carbonyl (C=O) groups excluding carboxylic acids is 1. The molecule has 1 amide bonds. The largest absolute Gasteiger partial charge is 0.368 e. The molecule has 100 valence electrons. The van der Waals surface area contributed by atoms with Gasteiger partial charge in [-0.15, -0.1) is 0 Å². The molecule has 1 aromatic rings. The number of aryl methyl sites for hydroxylation is 1. The number of nitrogens with zero attached hydrogens (tertiary/aromatic N) is 3. The van der Waals surface area contributed by atoms with Crippen molar-refractivity contribution in [2.24, 2.45) is 5.73 Å². The summed E-state index contributed by atoms with van der Waals surface area (Å²) in [7, 11) is 0. The Morgan fingerprint density at radius 2 is 2.44 bits per heavy atom. The van der Waals surface area contributed by atoms with Crippen LogP contribution in [-0.2, 0) is 17.8 Å². The second-order valence-corrected chi connectivity index (χ2v) is 4.70. The van der Waals surface area contributed by atoms with Crippen LogP contribution in [0.3, 0.4) is 0 Å². The van der Waals surface area contributed by atoms with E-state index in [0.717, 1.165) is 18.5 Å². The predicted molar refractivity (Wildman–Crippen MR) is 65.7 cm³/mol. The van der Waals surface area contributed by atoms with Crippen LogP contribution in [0, 0.1) is 0 Å². The molecule has 0 aromatic carbocycles. The van der Waals surface area contributed by atoms with Gasteiger partial charge in [-0.25, -0.2) is 4.39 Å². The molecule has 2 rings (SSSR count). The molecule has 2 atom stereocenters. The molecule has 1 aliphatic heterocycles. The highest BCUT2D eigenvalue weighted by atomic mass is 19.1. The van der Waals surface area contributed by atoms with Crippen LogP contribution in [0.1, 0.15) is 18.9 Å². The van der Waals surface area contributed by atoms with Crippen molar-refractivity contribution in [2.45, 2.75) is 38.5 Å². The highest BCUT2D eigenvalue weighted by molar-refractivity contribution is 5.80. The molecule has 6 heteroatoms. The molecule has 2 heterocycles. The zero-order chi connectivity index (χ0) is 13.1. The molecular weight excluding hydrogens is 235 g/mol. The van der Waals surface area contributed by atoms with Gasteiger partial charge in [0.15, 0.2) is 0 Å². The summed E-state index contributed by atoms with van der Waals surface area (Å²) in [5.41, 5.74) is 6.38. The molecule has 0 saturated carbocycles. The van der Waals surface area contributed by atoms with Gasteiger partial charge in [-0.2, -0.15) is 5.10 Å². The third-order valence-corrected chi connectivity index (χ3v) is 3.38. The Morgan fingerprint density at radius 1 is 1.67 bits per heavy atom. The van der Waals surface area contributed by atoms with E-state index in [4.69, 9.17) is 5.73 Å². The maximum Gasteiger partial charge on any atom is 0.234 e. The van der Waals surface area contributed by atoms with Gasteiger partial charge in [0.05, 0.1) is 12.2 Å². The van der Waals surface area contributed by atoms with Crippen molar-refractivity contribution in [3.63, 3.8) is 0 Å². The Labute approximate surface area is 106 Å². The zero-order valence-electron chi connectivity index (χ0n) is 10.6. The molecule has 0 radical (unpaired) electrons. The first-order chi connectivity index (χ1) is 8.60. The number of carbonyl (C=O) groups is 1. The lowest BCUT2D eigenvalue weighted by atomic mass is 10.2. The lowest BCUT2D eigenvalue weighted by molar-refractivity contribution is -0.122. The van der Waals surface area contributed by atoms with Gasteiger partial charge in [-0.3, -0.25) is 14.4 Å². The summed E-state index contributed by atoms with van der Waals surface area (Å²) >= 11 is 0. The van der Waals surface area contributed by atoms with Gasteiger partial charge < -0.3 is 5.73 Å². The Hall–Kier alpha value is -1.43. The van der Waals surface area contributed by atoms with Crippen molar-refractivity contribution in [2.75, 3.05) is 13.1 Å². The first kappa shape index (κ1) is 13.0. The molecule has 1 aromatic heterocycles. The smallest absolute Gasteiger partial charge is 0.234 e. The van der Waals surface area contributed by atoms with Gasteiger partial charge in [0.2, 0.25) is 5.91 Å². The standard InChI is InChI=1S/C12H19FN4O/c1-2-17-7-9(6-15-17)3-4-16-8-10(13)5-11(16)12(14)18/h6-7,10-11H,2-5,8H2,1H3,(H2,14,18)/t10-,11+/m1/s1. The second-order valence-electron chi connectivity index (χ2n) is 4.70. The van der Waals surface area contributed by atoms with Gasteiger partial charge in [0.25, 0.3) is 0 Å². The van der Waals surface area contributed by atoms with Gasteiger partial charge >= 0.3 is 0 Å².